The Morgan fingerprint density at radius 3 is 2.33 bits per heavy atom. The van der Waals surface area contributed by atoms with E-state index in [1.54, 1.807) is 0 Å². The number of amides is 4. The maximum atomic E-state index is 13.7. The monoisotopic (exact) mass is 501 g/mol. The molecule has 2 atom stereocenters. The van der Waals surface area contributed by atoms with Crippen molar-refractivity contribution in [3.63, 3.8) is 0 Å². The zero-order chi connectivity index (χ0) is 26.5. The lowest BCUT2D eigenvalue weighted by Gasteiger charge is -2.35. The molecule has 1 saturated heterocycles. The van der Waals surface area contributed by atoms with Gasteiger partial charge in [-0.15, -0.1) is 0 Å². The summed E-state index contributed by atoms with van der Waals surface area (Å²) in [5, 5.41) is 8.64. The highest BCUT2D eigenvalue weighted by molar-refractivity contribution is 6.40. The Balaban J connectivity index is 1.64. The SMILES string of the molecule is C=C1C[C@@H](C(=O)NCC(=NC)C(=O)NC2CC2)N(C(=O)[C@@H](NC(=O)CC2CCCCC2)C(C)(C)C)C1. The first kappa shape index (κ1) is 27.9. The summed E-state index contributed by atoms with van der Waals surface area (Å²) in [6.07, 6.45) is 8.33. The molecule has 2 saturated carbocycles. The summed E-state index contributed by atoms with van der Waals surface area (Å²) in [5.41, 5.74) is 0.487. The number of carbonyl (C=O) groups excluding carboxylic acids is 4. The van der Waals surface area contributed by atoms with Crippen molar-refractivity contribution in [2.45, 2.75) is 96.7 Å². The van der Waals surface area contributed by atoms with Crippen LogP contribution in [0.25, 0.3) is 0 Å². The fraction of sp³-hybridized carbons (Fsp3) is 0.741. The second-order valence-electron chi connectivity index (χ2n) is 11.6. The standard InChI is InChI=1S/C27H43N5O4/c1-17-13-21(25(35)29-15-20(28-5)24(34)30-19-11-12-19)32(16-17)26(36)23(27(2,3)4)31-22(33)14-18-9-7-6-8-10-18/h18-19,21,23H,1,6-16H2,2-5H3,(H,29,35)(H,30,34)(H,31,33)/t21-,23+/m0/s1. The normalized spacial score (nSPS) is 22.2. The van der Waals surface area contributed by atoms with Crippen molar-refractivity contribution in [2.24, 2.45) is 16.3 Å². The van der Waals surface area contributed by atoms with Crippen molar-refractivity contribution in [3.05, 3.63) is 12.2 Å². The first-order valence-corrected chi connectivity index (χ1v) is 13.3. The minimum Gasteiger partial charge on any atom is -0.348 e. The van der Waals surface area contributed by atoms with Crippen LogP contribution in [-0.4, -0.2) is 72.5 Å². The van der Waals surface area contributed by atoms with Crippen LogP contribution in [0.1, 0.15) is 78.6 Å². The van der Waals surface area contributed by atoms with E-state index in [0.29, 0.717) is 18.8 Å². The Morgan fingerprint density at radius 2 is 1.75 bits per heavy atom. The van der Waals surface area contributed by atoms with Crippen LogP contribution in [0, 0.1) is 11.3 Å². The number of hydrogen-bond acceptors (Lipinski definition) is 5. The molecule has 0 spiro atoms. The van der Waals surface area contributed by atoms with E-state index < -0.39 is 17.5 Å². The van der Waals surface area contributed by atoms with Crippen molar-refractivity contribution >= 4 is 29.3 Å². The van der Waals surface area contributed by atoms with Gasteiger partial charge in [0.15, 0.2) is 0 Å². The van der Waals surface area contributed by atoms with Crippen LogP contribution in [0.3, 0.4) is 0 Å². The predicted molar refractivity (Wildman–Crippen MR) is 139 cm³/mol. The van der Waals surface area contributed by atoms with Crippen molar-refractivity contribution in [2.75, 3.05) is 20.1 Å². The summed E-state index contributed by atoms with van der Waals surface area (Å²) in [5.74, 6) is -0.666. The topological polar surface area (TPSA) is 120 Å². The van der Waals surface area contributed by atoms with Gasteiger partial charge in [-0.1, -0.05) is 52.2 Å². The lowest BCUT2D eigenvalue weighted by molar-refractivity contribution is -0.143. The van der Waals surface area contributed by atoms with Crippen LogP contribution in [0.5, 0.6) is 0 Å². The largest absolute Gasteiger partial charge is 0.348 e. The summed E-state index contributed by atoms with van der Waals surface area (Å²) in [7, 11) is 1.52. The number of hydrogen-bond donors (Lipinski definition) is 3. The van der Waals surface area contributed by atoms with E-state index >= 15 is 0 Å². The Morgan fingerprint density at radius 1 is 1.08 bits per heavy atom. The van der Waals surface area contributed by atoms with Crippen molar-refractivity contribution in [1.29, 1.82) is 0 Å². The third-order valence-electron chi connectivity index (χ3n) is 7.33. The first-order chi connectivity index (χ1) is 17.0. The highest BCUT2D eigenvalue weighted by Crippen LogP contribution is 2.29. The molecular formula is C27H43N5O4. The lowest BCUT2D eigenvalue weighted by Crippen LogP contribution is -2.58. The summed E-state index contributed by atoms with van der Waals surface area (Å²) in [6, 6.07) is -1.31. The highest BCUT2D eigenvalue weighted by Gasteiger charge is 2.43. The molecule has 1 heterocycles. The molecule has 0 unspecified atom stereocenters. The smallest absolute Gasteiger partial charge is 0.267 e. The minimum atomic E-state index is -0.758. The molecule has 2 aliphatic carbocycles. The quantitative estimate of drug-likeness (QED) is 0.331. The fourth-order valence-corrected chi connectivity index (χ4v) is 5.00. The minimum absolute atomic E-state index is 0.0142. The maximum Gasteiger partial charge on any atom is 0.267 e. The molecule has 0 bridgehead atoms. The van der Waals surface area contributed by atoms with E-state index in [9.17, 15) is 19.2 Å². The molecule has 3 rings (SSSR count). The molecule has 3 aliphatic rings. The average Bonchev–Trinajstić information content (AvgIpc) is 3.54. The highest BCUT2D eigenvalue weighted by atomic mass is 16.2. The van der Waals surface area contributed by atoms with Gasteiger partial charge in [0, 0.05) is 26.1 Å². The van der Waals surface area contributed by atoms with Crippen LogP contribution < -0.4 is 16.0 Å². The van der Waals surface area contributed by atoms with Gasteiger partial charge in [-0.2, -0.15) is 0 Å². The number of carbonyl (C=O) groups is 4. The first-order valence-electron chi connectivity index (χ1n) is 13.3. The molecule has 1 aliphatic heterocycles. The summed E-state index contributed by atoms with van der Waals surface area (Å²) in [6.45, 7) is 10.0. The molecule has 3 N–H and O–H groups in total. The van der Waals surface area contributed by atoms with E-state index in [-0.39, 0.29) is 48.5 Å². The molecule has 9 heteroatoms. The zero-order valence-electron chi connectivity index (χ0n) is 22.3. The number of nitrogens with zero attached hydrogens (tertiary/aromatic N) is 2. The predicted octanol–water partition coefficient (Wildman–Crippen LogP) is 2.11. The number of aliphatic imine (C=N–C) groups is 1. The van der Waals surface area contributed by atoms with Gasteiger partial charge in [0.25, 0.3) is 5.91 Å². The maximum absolute atomic E-state index is 13.7. The van der Waals surface area contributed by atoms with Gasteiger partial charge in [0.2, 0.25) is 17.7 Å². The van der Waals surface area contributed by atoms with Crippen LogP contribution in [-0.2, 0) is 19.2 Å². The summed E-state index contributed by atoms with van der Waals surface area (Å²) >= 11 is 0. The van der Waals surface area contributed by atoms with Crippen LogP contribution in [0.4, 0.5) is 0 Å². The van der Waals surface area contributed by atoms with Gasteiger partial charge in [-0.3, -0.25) is 24.2 Å². The molecule has 9 nitrogen and oxygen atoms in total. The second-order valence-corrected chi connectivity index (χ2v) is 11.6. The molecule has 0 aromatic carbocycles. The van der Waals surface area contributed by atoms with Gasteiger partial charge < -0.3 is 20.9 Å². The van der Waals surface area contributed by atoms with Crippen LogP contribution >= 0.6 is 0 Å². The Bertz CT molecular complexity index is 896. The lowest BCUT2D eigenvalue weighted by atomic mass is 9.84. The van der Waals surface area contributed by atoms with Gasteiger partial charge in [-0.25, -0.2) is 0 Å². The summed E-state index contributed by atoms with van der Waals surface area (Å²) < 4.78 is 0. The van der Waals surface area contributed by atoms with Gasteiger partial charge in [0.1, 0.15) is 17.8 Å². The van der Waals surface area contributed by atoms with E-state index in [0.717, 1.165) is 44.1 Å². The van der Waals surface area contributed by atoms with E-state index in [4.69, 9.17) is 0 Å². The molecule has 4 amide bonds. The van der Waals surface area contributed by atoms with Gasteiger partial charge in [-0.05, 0) is 43.4 Å². The van der Waals surface area contributed by atoms with E-state index in [2.05, 4.69) is 27.5 Å². The molecule has 3 fully saturated rings. The Hall–Kier alpha value is -2.71. The molecular weight excluding hydrogens is 458 g/mol. The Kier molecular flexibility index (Phi) is 9.30. The second kappa shape index (κ2) is 12.0. The summed E-state index contributed by atoms with van der Waals surface area (Å²) in [4.78, 5) is 57.6. The van der Waals surface area contributed by atoms with Crippen LogP contribution in [0.15, 0.2) is 17.1 Å². The van der Waals surface area contributed by atoms with Crippen molar-refractivity contribution in [3.8, 4) is 0 Å². The Labute approximate surface area is 214 Å². The van der Waals surface area contributed by atoms with E-state index in [1.165, 1.54) is 18.4 Å². The van der Waals surface area contributed by atoms with Crippen LogP contribution in [0.2, 0.25) is 0 Å². The third-order valence-corrected chi connectivity index (χ3v) is 7.33. The molecule has 0 aromatic heterocycles. The number of likely N-dealkylation sites (tertiary alicyclic amines) is 1. The zero-order valence-corrected chi connectivity index (χ0v) is 22.3. The third kappa shape index (κ3) is 7.64. The molecule has 200 valence electrons. The molecule has 36 heavy (non-hydrogen) atoms. The number of nitrogens with one attached hydrogen (secondary N) is 3. The average molecular weight is 502 g/mol. The van der Waals surface area contributed by atoms with Crippen molar-refractivity contribution in [1.82, 2.24) is 20.9 Å². The number of rotatable bonds is 9. The molecule has 0 aromatic rings. The van der Waals surface area contributed by atoms with Gasteiger partial charge >= 0.3 is 0 Å². The van der Waals surface area contributed by atoms with Crippen molar-refractivity contribution < 1.29 is 19.2 Å². The van der Waals surface area contributed by atoms with E-state index in [1.807, 2.05) is 20.8 Å². The molecule has 0 radical (unpaired) electrons. The van der Waals surface area contributed by atoms with Gasteiger partial charge in [0.05, 0.1) is 6.54 Å². The fourth-order valence-electron chi connectivity index (χ4n) is 5.00.